The molecule has 8 heteroatoms. The van der Waals surface area contributed by atoms with Gasteiger partial charge in [-0.2, -0.15) is 0 Å². The number of ether oxygens (including phenoxy) is 1. The minimum Gasteiger partial charge on any atom is -0.451 e. The Balaban J connectivity index is 1.37. The van der Waals surface area contributed by atoms with Crippen LogP contribution in [-0.4, -0.2) is 45.9 Å². The highest BCUT2D eigenvalue weighted by Crippen LogP contribution is 2.41. The van der Waals surface area contributed by atoms with Crippen LogP contribution in [0.3, 0.4) is 0 Å². The summed E-state index contributed by atoms with van der Waals surface area (Å²) in [6.07, 6.45) is -0.582. The third-order valence-corrected chi connectivity index (χ3v) is 7.75. The normalized spacial score (nSPS) is 20.2. The average Bonchev–Trinajstić information content (AvgIpc) is 2.95. The summed E-state index contributed by atoms with van der Waals surface area (Å²) >= 11 is 1.24. The number of hydrogen-bond donors (Lipinski definition) is 1. The van der Waals surface area contributed by atoms with Crippen LogP contribution < -0.4 is 5.32 Å². The number of β-lactam (4-membered cyclic amide) rings is 1. The monoisotopic (exact) mass is 526 g/mol. The second kappa shape index (κ2) is 11.1. The van der Waals surface area contributed by atoms with E-state index in [4.69, 9.17) is 4.74 Å². The van der Waals surface area contributed by atoms with Crippen molar-refractivity contribution >= 4 is 35.3 Å². The van der Waals surface area contributed by atoms with Gasteiger partial charge >= 0.3 is 5.97 Å². The fourth-order valence-electron chi connectivity index (χ4n) is 4.68. The molecule has 1 N–H and O–H groups in total. The molecule has 2 aliphatic rings. The van der Waals surface area contributed by atoms with Crippen LogP contribution in [0.1, 0.15) is 29.7 Å². The number of Topliss-reactive ketones (excluding diaryl/α,β-unsaturated/α-hetero) is 1. The molecule has 1 fully saturated rings. The lowest BCUT2D eigenvalue weighted by Crippen LogP contribution is -2.74. The molecule has 2 unspecified atom stereocenters. The number of thioether (sulfide) groups is 1. The van der Waals surface area contributed by atoms with Gasteiger partial charge < -0.3 is 15.0 Å². The van der Waals surface area contributed by atoms with E-state index >= 15 is 0 Å². The van der Waals surface area contributed by atoms with E-state index < -0.39 is 35.4 Å². The molecule has 192 valence electrons. The minimum absolute atomic E-state index is 0.137. The summed E-state index contributed by atoms with van der Waals surface area (Å²) in [4.78, 5) is 53.4. The van der Waals surface area contributed by atoms with Gasteiger partial charge in [-0.05, 0) is 29.0 Å². The van der Waals surface area contributed by atoms with Crippen molar-refractivity contribution in [2.24, 2.45) is 0 Å². The van der Waals surface area contributed by atoms with Gasteiger partial charge in [0.05, 0.1) is 6.42 Å². The number of ketones is 1. The predicted octanol–water partition coefficient (Wildman–Crippen LogP) is 3.80. The molecule has 0 bridgehead atoms. The van der Waals surface area contributed by atoms with Gasteiger partial charge in [-0.1, -0.05) is 91.0 Å². The third kappa shape index (κ3) is 5.13. The molecule has 0 radical (unpaired) electrons. The van der Waals surface area contributed by atoms with Crippen molar-refractivity contribution in [2.45, 2.75) is 36.9 Å². The van der Waals surface area contributed by atoms with Crippen molar-refractivity contribution in [1.82, 2.24) is 10.2 Å². The quantitative estimate of drug-likeness (QED) is 0.355. The number of carbonyl (C=O) groups excluding carboxylic acids is 4. The Hall–Kier alpha value is -4.17. The molecule has 2 aliphatic heterocycles. The highest BCUT2D eigenvalue weighted by Gasteiger charge is 2.57. The first-order chi connectivity index (χ1) is 18.4. The van der Waals surface area contributed by atoms with Crippen LogP contribution in [0, 0.1) is 0 Å². The summed E-state index contributed by atoms with van der Waals surface area (Å²) in [7, 11) is 0. The van der Waals surface area contributed by atoms with Crippen LogP contribution in [0.4, 0.5) is 0 Å². The number of carbonyl (C=O) groups is 4. The van der Waals surface area contributed by atoms with Crippen LogP contribution in [0.5, 0.6) is 0 Å². The van der Waals surface area contributed by atoms with Crippen LogP contribution in [-0.2, 0) is 30.3 Å². The molecule has 3 aromatic carbocycles. The molecule has 2 amide bonds. The first-order valence-corrected chi connectivity index (χ1v) is 13.2. The lowest BCUT2D eigenvalue weighted by molar-refractivity contribution is -0.165. The standard InChI is InChI=1S/C30H26N2O5S/c1-19(33)23-18-38-29-25(31-24(34)17-20-11-5-2-6-12-20)28(35)32(29)26(23)30(36)37-27(21-13-7-3-8-14-21)22-15-9-4-10-16-22/h2-16,18,25-27,29H,17H2,1H3,(H,31,34)/t25-,26?,29?/m1/s1. The predicted molar refractivity (Wildman–Crippen MR) is 144 cm³/mol. The van der Waals surface area contributed by atoms with Crippen LogP contribution in [0.15, 0.2) is 102 Å². The molecular weight excluding hydrogens is 500 g/mol. The fourth-order valence-corrected chi connectivity index (χ4v) is 5.96. The number of esters is 1. The Morgan fingerprint density at radius 2 is 1.45 bits per heavy atom. The molecule has 0 saturated carbocycles. The number of nitrogens with one attached hydrogen (secondary N) is 1. The van der Waals surface area contributed by atoms with E-state index in [0.29, 0.717) is 0 Å². The van der Waals surface area contributed by atoms with Gasteiger partial charge in [0.1, 0.15) is 11.4 Å². The van der Waals surface area contributed by atoms with Gasteiger partial charge in [-0.15, -0.1) is 11.8 Å². The van der Waals surface area contributed by atoms with Crippen molar-refractivity contribution in [1.29, 1.82) is 0 Å². The molecule has 0 spiro atoms. The van der Waals surface area contributed by atoms with Gasteiger partial charge in [0.2, 0.25) is 11.8 Å². The lowest BCUT2D eigenvalue weighted by Gasteiger charge is -2.51. The number of fused-ring (bicyclic) bond motifs is 1. The molecule has 7 nitrogen and oxygen atoms in total. The largest absolute Gasteiger partial charge is 0.451 e. The summed E-state index contributed by atoms with van der Waals surface area (Å²) in [5.74, 6) is -1.73. The summed E-state index contributed by atoms with van der Waals surface area (Å²) in [5.41, 5.74) is 2.56. The molecule has 3 aromatic rings. The Morgan fingerprint density at radius 3 is 2.00 bits per heavy atom. The van der Waals surface area contributed by atoms with E-state index in [1.165, 1.54) is 23.6 Å². The van der Waals surface area contributed by atoms with Crippen molar-refractivity contribution in [3.63, 3.8) is 0 Å². The second-order valence-electron chi connectivity index (χ2n) is 9.15. The summed E-state index contributed by atoms with van der Waals surface area (Å²) < 4.78 is 6.02. The van der Waals surface area contributed by atoms with Gasteiger partial charge in [0, 0.05) is 5.57 Å². The highest BCUT2D eigenvalue weighted by molar-refractivity contribution is 8.03. The highest BCUT2D eigenvalue weighted by atomic mass is 32.2. The maximum atomic E-state index is 13.7. The van der Waals surface area contributed by atoms with Gasteiger partial charge in [0.25, 0.3) is 0 Å². The molecule has 1 saturated heterocycles. The molecule has 0 aliphatic carbocycles. The zero-order chi connectivity index (χ0) is 26.6. The number of amides is 2. The third-order valence-electron chi connectivity index (χ3n) is 6.58. The van der Waals surface area contributed by atoms with E-state index in [2.05, 4.69) is 5.32 Å². The molecular formula is C30H26N2O5S. The van der Waals surface area contributed by atoms with Crippen molar-refractivity contribution in [2.75, 3.05) is 0 Å². The summed E-state index contributed by atoms with van der Waals surface area (Å²) in [6, 6.07) is 25.9. The van der Waals surface area contributed by atoms with E-state index in [-0.39, 0.29) is 23.7 Å². The summed E-state index contributed by atoms with van der Waals surface area (Å²) in [6.45, 7) is 1.36. The molecule has 38 heavy (non-hydrogen) atoms. The van der Waals surface area contributed by atoms with Gasteiger partial charge in [0.15, 0.2) is 17.9 Å². The Bertz CT molecular complexity index is 1340. The zero-order valence-corrected chi connectivity index (χ0v) is 21.5. The van der Waals surface area contributed by atoms with E-state index in [9.17, 15) is 19.2 Å². The number of rotatable bonds is 8. The van der Waals surface area contributed by atoms with E-state index in [1.807, 2.05) is 91.0 Å². The van der Waals surface area contributed by atoms with Crippen molar-refractivity contribution in [3.05, 3.63) is 119 Å². The van der Waals surface area contributed by atoms with E-state index in [1.54, 1.807) is 5.41 Å². The van der Waals surface area contributed by atoms with Crippen LogP contribution >= 0.6 is 11.8 Å². The SMILES string of the molecule is CC(=O)C1=CSC2[C@H](NC(=O)Cc3ccccc3)C(=O)N2C1C(=O)OC(c1ccccc1)c1ccccc1. The summed E-state index contributed by atoms with van der Waals surface area (Å²) in [5, 5.41) is 3.88. The van der Waals surface area contributed by atoms with Gasteiger partial charge in [-0.25, -0.2) is 4.79 Å². The zero-order valence-electron chi connectivity index (χ0n) is 20.7. The maximum absolute atomic E-state index is 13.7. The average molecular weight is 527 g/mol. The lowest BCUT2D eigenvalue weighted by atomic mass is 9.95. The molecule has 5 rings (SSSR count). The molecule has 2 heterocycles. The number of hydrogen-bond acceptors (Lipinski definition) is 6. The molecule has 0 aromatic heterocycles. The van der Waals surface area contributed by atoms with E-state index in [0.717, 1.165) is 16.7 Å². The molecule has 3 atom stereocenters. The fraction of sp³-hybridized carbons (Fsp3) is 0.200. The Labute approximate surface area is 224 Å². The Kier molecular flexibility index (Phi) is 7.42. The topological polar surface area (TPSA) is 92.8 Å². The van der Waals surface area contributed by atoms with Crippen molar-refractivity contribution < 1.29 is 23.9 Å². The smallest absolute Gasteiger partial charge is 0.334 e. The van der Waals surface area contributed by atoms with Crippen LogP contribution in [0.2, 0.25) is 0 Å². The van der Waals surface area contributed by atoms with Crippen LogP contribution in [0.25, 0.3) is 0 Å². The van der Waals surface area contributed by atoms with Gasteiger partial charge in [-0.3, -0.25) is 14.4 Å². The second-order valence-corrected chi connectivity index (χ2v) is 10.1. The maximum Gasteiger partial charge on any atom is 0.334 e. The Morgan fingerprint density at radius 1 is 0.895 bits per heavy atom. The number of benzene rings is 3. The van der Waals surface area contributed by atoms with Crippen molar-refractivity contribution in [3.8, 4) is 0 Å². The first-order valence-electron chi connectivity index (χ1n) is 12.3. The number of nitrogens with zero attached hydrogens (tertiary/aromatic N) is 1. The minimum atomic E-state index is -1.19. The first kappa shape index (κ1) is 25.5.